The summed E-state index contributed by atoms with van der Waals surface area (Å²) < 4.78 is 0. The maximum atomic E-state index is 11.4. The Labute approximate surface area is 126 Å². The lowest BCUT2D eigenvalue weighted by Gasteiger charge is -2.16. The number of rotatable bonds is 6. The van der Waals surface area contributed by atoms with Crippen molar-refractivity contribution in [3.8, 4) is 5.75 Å². The Balaban J connectivity index is 2.26. The maximum absolute atomic E-state index is 11.4. The zero-order valence-corrected chi connectivity index (χ0v) is 11.5. The highest BCUT2D eigenvalue weighted by molar-refractivity contribution is 5.77. The van der Waals surface area contributed by atoms with Gasteiger partial charge in [0.2, 0.25) is 0 Å². The van der Waals surface area contributed by atoms with Gasteiger partial charge in [-0.1, -0.05) is 30.3 Å². The molecule has 0 amide bonds. The number of nitro groups is 1. The number of hydrogen-bond donors (Lipinski definition) is 3. The quantitative estimate of drug-likeness (QED) is 0.557. The number of nitrogens with zero attached hydrogens (tertiary/aromatic N) is 1. The molecule has 1 unspecified atom stereocenters. The summed E-state index contributed by atoms with van der Waals surface area (Å²) >= 11 is 0. The topological polar surface area (TPSA) is 113 Å². The van der Waals surface area contributed by atoms with Crippen LogP contribution in [0.4, 0.5) is 5.69 Å². The molecule has 114 valence electrons. The van der Waals surface area contributed by atoms with Crippen LogP contribution < -0.4 is 5.32 Å². The molecule has 1 atom stereocenters. The van der Waals surface area contributed by atoms with Crippen molar-refractivity contribution in [2.45, 2.75) is 12.6 Å². The maximum Gasteiger partial charge on any atom is 0.325 e. The predicted octanol–water partition coefficient (Wildman–Crippen LogP) is 2.22. The minimum atomic E-state index is -1.25. The molecule has 0 heterocycles. The van der Waals surface area contributed by atoms with Gasteiger partial charge < -0.3 is 10.2 Å². The molecule has 22 heavy (non-hydrogen) atoms. The third-order valence-electron chi connectivity index (χ3n) is 3.13. The molecule has 0 saturated carbocycles. The van der Waals surface area contributed by atoms with Crippen molar-refractivity contribution in [2.75, 3.05) is 0 Å². The Hall–Kier alpha value is -2.93. The highest BCUT2D eigenvalue weighted by Gasteiger charge is 2.24. The number of aliphatic carboxylic acids is 1. The number of hydrogen-bond acceptors (Lipinski definition) is 5. The SMILES string of the molecule is O=C(O)C(NCc1ccccc1)c1cc([N+](=O)[O-])ccc1O. The van der Waals surface area contributed by atoms with Gasteiger partial charge in [0.25, 0.3) is 5.69 Å². The summed E-state index contributed by atoms with van der Waals surface area (Å²) in [4.78, 5) is 21.6. The lowest BCUT2D eigenvalue weighted by atomic mass is 10.0. The third kappa shape index (κ3) is 3.58. The molecule has 0 bridgehead atoms. The highest BCUT2D eigenvalue weighted by atomic mass is 16.6. The van der Waals surface area contributed by atoms with Crippen molar-refractivity contribution in [3.05, 3.63) is 69.8 Å². The fourth-order valence-electron chi connectivity index (χ4n) is 2.03. The molecule has 0 fully saturated rings. The van der Waals surface area contributed by atoms with Gasteiger partial charge in [-0.15, -0.1) is 0 Å². The zero-order chi connectivity index (χ0) is 16.1. The molecule has 0 aliphatic heterocycles. The number of phenolic OH excluding ortho intramolecular Hbond substituents is 1. The molecule has 2 rings (SSSR count). The second-order valence-corrected chi connectivity index (χ2v) is 4.64. The molecule has 0 radical (unpaired) electrons. The number of non-ortho nitro benzene ring substituents is 1. The van der Waals surface area contributed by atoms with Gasteiger partial charge in [-0.3, -0.25) is 20.2 Å². The summed E-state index contributed by atoms with van der Waals surface area (Å²) in [5, 5.41) is 32.7. The van der Waals surface area contributed by atoms with E-state index in [1.165, 1.54) is 0 Å². The van der Waals surface area contributed by atoms with Gasteiger partial charge >= 0.3 is 5.97 Å². The average molecular weight is 302 g/mol. The summed E-state index contributed by atoms with van der Waals surface area (Å²) in [5.74, 6) is -1.54. The lowest BCUT2D eigenvalue weighted by Crippen LogP contribution is -2.28. The number of carbonyl (C=O) groups is 1. The monoisotopic (exact) mass is 302 g/mol. The zero-order valence-electron chi connectivity index (χ0n) is 11.5. The minimum Gasteiger partial charge on any atom is -0.508 e. The number of nitro benzene ring substituents is 1. The Morgan fingerprint density at radius 2 is 1.91 bits per heavy atom. The van der Waals surface area contributed by atoms with E-state index in [1.807, 2.05) is 30.3 Å². The standard InChI is InChI=1S/C15H14N2O5/c18-13-7-6-11(17(21)22)8-12(13)14(15(19)20)16-9-10-4-2-1-3-5-10/h1-8,14,16,18H,9H2,(H,19,20). The molecule has 7 nitrogen and oxygen atoms in total. The van der Waals surface area contributed by atoms with Gasteiger partial charge in [-0.2, -0.15) is 0 Å². The average Bonchev–Trinajstić information content (AvgIpc) is 2.49. The van der Waals surface area contributed by atoms with Crippen LogP contribution in [0, 0.1) is 10.1 Å². The van der Waals surface area contributed by atoms with E-state index in [0.717, 1.165) is 23.8 Å². The van der Waals surface area contributed by atoms with Crippen molar-refractivity contribution >= 4 is 11.7 Å². The van der Waals surface area contributed by atoms with Crippen molar-refractivity contribution in [1.29, 1.82) is 0 Å². The van der Waals surface area contributed by atoms with Crippen LogP contribution >= 0.6 is 0 Å². The molecule has 0 saturated heterocycles. The number of carboxylic acids is 1. The van der Waals surface area contributed by atoms with E-state index < -0.39 is 16.9 Å². The Bertz CT molecular complexity index is 688. The number of phenols is 1. The smallest absolute Gasteiger partial charge is 0.325 e. The molecule has 0 aromatic heterocycles. The molecule has 2 aromatic carbocycles. The molecular formula is C15H14N2O5. The van der Waals surface area contributed by atoms with Gasteiger partial charge in [-0.05, 0) is 11.6 Å². The van der Waals surface area contributed by atoms with Crippen molar-refractivity contribution in [3.63, 3.8) is 0 Å². The van der Waals surface area contributed by atoms with E-state index in [2.05, 4.69) is 5.32 Å². The van der Waals surface area contributed by atoms with Crippen LogP contribution in [0.1, 0.15) is 17.2 Å². The molecular weight excluding hydrogens is 288 g/mol. The number of carboxylic acid groups (broad SMARTS) is 1. The Kier molecular flexibility index (Phi) is 4.70. The highest BCUT2D eigenvalue weighted by Crippen LogP contribution is 2.29. The molecule has 0 spiro atoms. The van der Waals surface area contributed by atoms with Crippen LogP contribution in [-0.2, 0) is 11.3 Å². The molecule has 7 heteroatoms. The van der Waals surface area contributed by atoms with Crippen LogP contribution in [0.5, 0.6) is 5.75 Å². The Morgan fingerprint density at radius 3 is 2.50 bits per heavy atom. The van der Waals surface area contributed by atoms with Crippen LogP contribution in [0.25, 0.3) is 0 Å². The van der Waals surface area contributed by atoms with E-state index in [1.54, 1.807) is 0 Å². The fourth-order valence-corrected chi connectivity index (χ4v) is 2.03. The predicted molar refractivity (Wildman–Crippen MR) is 78.4 cm³/mol. The number of aromatic hydroxyl groups is 1. The fraction of sp³-hybridized carbons (Fsp3) is 0.133. The second kappa shape index (κ2) is 6.68. The summed E-state index contributed by atoms with van der Waals surface area (Å²) in [5.41, 5.74) is 0.539. The lowest BCUT2D eigenvalue weighted by molar-refractivity contribution is -0.385. The van der Waals surface area contributed by atoms with Gasteiger partial charge in [0, 0.05) is 24.2 Å². The van der Waals surface area contributed by atoms with Crippen LogP contribution in [0.15, 0.2) is 48.5 Å². The second-order valence-electron chi connectivity index (χ2n) is 4.64. The third-order valence-corrected chi connectivity index (χ3v) is 3.13. The largest absolute Gasteiger partial charge is 0.508 e. The van der Waals surface area contributed by atoms with E-state index in [0.29, 0.717) is 0 Å². The normalized spacial score (nSPS) is 11.8. The van der Waals surface area contributed by atoms with E-state index in [4.69, 9.17) is 0 Å². The minimum absolute atomic E-state index is 0.0439. The van der Waals surface area contributed by atoms with Crippen molar-refractivity contribution < 1.29 is 19.9 Å². The van der Waals surface area contributed by atoms with Crippen LogP contribution in [-0.4, -0.2) is 21.1 Å². The number of nitrogens with one attached hydrogen (secondary N) is 1. The van der Waals surface area contributed by atoms with Crippen LogP contribution in [0.2, 0.25) is 0 Å². The summed E-state index contributed by atoms with van der Waals surface area (Å²) in [6, 6.07) is 11.2. The van der Waals surface area contributed by atoms with Gasteiger partial charge in [0.05, 0.1) is 4.92 Å². The first-order chi connectivity index (χ1) is 10.5. The van der Waals surface area contributed by atoms with Gasteiger partial charge in [0.1, 0.15) is 11.8 Å². The molecule has 2 aromatic rings. The van der Waals surface area contributed by atoms with E-state index in [-0.39, 0.29) is 23.5 Å². The van der Waals surface area contributed by atoms with E-state index in [9.17, 15) is 25.1 Å². The van der Waals surface area contributed by atoms with Gasteiger partial charge in [0.15, 0.2) is 0 Å². The Morgan fingerprint density at radius 1 is 1.23 bits per heavy atom. The molecule has 0 aliphatic carbocycles. The summed E-state index contributed by atoms with van der Waals surface area (Å²) in [6.07, 6.45) is 0. The van der Waals surface area contributed by atoms with Crippen molar-refractivity contribution in [1.82, 2.24) is 5.32 Å². The van der Waals surface area contributed by atoms with E-state index >= 15 is 0 Å². The molecule has 0 aliphatic rings. The van der Waals surface area contributed by atoms with Crippen LogP contribution in [0.3, 0.4) is 0 Å². The molecule has 3 N–H and O–H groups in total. The first kappa shape index (κ1) is 15.5. The van der Waals surface area contributed by atoms with Gasteiger partial charge in [-0.25, -0.2) is 0 Å². The summed E-state index contributed by atoms with van der Waals surface area (Å²) in [7, 11) is 0. The first-order valence-corrected chi connectivity index (χ1v) is 6.46. The van der Waals surface area contributed by atoms with Crippen molar-refractivity contribution in [2.24, 2.45) is 0 Å². The summed E-state index contributed by atoms with van der Waals surface area (Å²) in [6.45, 7) is 0.250. The first-order valence-electron chi connectivity index (χ1n) is 6.46. The number of benzene rings is 2.